The van der Waals surface area contributed by atoms with Crippen molar-refractivity contribution < 1.29 is 23.8 Å². The van der Waals surface area contributed by atoms with Crippen LogP contribution in [0.3, 0.4) is 0 Å². The molecule has 1 unspecified atom stereocenters. The van der Waals surface area contributed by atoms with Gasteiger partial charge in [-0.25, -0.2) is 0 Å². The Labute approximate surface area is 172 Å². The maximum atomic E-state index is 13.0. The molecular weight excluding hydrogens is 384 g/mol. The third-order valence-corrected chi connectivity index (χ3v) is 4.87. The fraction of sp³-hybridized carbons (Fsp3) is 0.0870. The maximum Gasteiger partial charge on any atom is 0.300 e. The van der Waals surface area contributed by atoms with Crippen LogP contribution in [0.5, 0.6) is 5.75 Å². The monoisotopic (exact) mass is 400 g/mol. The zero-order valence-electron chi connectivity index (χ0n) is 15.9. The highest BCUT2D eigenvalue weighted by atomic mass is 16.5. The maximum absolute atomic E-state index is 13.0. The van der Waals surface area contributed by atoms with Crippen molar-refractivity contribution in [2.75, 3.05) is 12.0 Å². The molecular formula is C23H16N2O5. The summed E-state index contributed by atoms with van der Waals surface area (Å²) >= 11 is 0. The van der Waals surface area contributed by atoms with Gasteiger partial charge in [0.1, 0.15) is 23.3 Å². The van der Waals surface area contributed by atoms with Crippen molar-refractivity contribution in [3.8, 4) is 11.8 Å². The molecule has 30 heavy (non-hydrogen) atoms. The number of hydrogen-bond donors (Lipinski definition) is 1. The summed E-state index contributed by atoms with van der Waals surface area (Å²) in [5.74, 6) is -1.14. The lowest BCUT2D eigenvalue weighted by molar-refractivity contribution is -0.132. The van der Waals surface area contributed by atoms with Gasteiger partial charge in [0.15, 0.2) is 0 Å². The fourth-order valence-electron chi connectivity index (χ4n) is 3.44. The fourth-order valence-corrected chi connectivity index (χ4v) is 3.44. The zero-order chi connectivity index (χ0) is 21.3. The molecule has 2 heterocycles. The first kappa shape index (κ1) is 19.0. The molecule has 0 spiro atoms. The van der Waals surface area contributed by atoms with Crippen LogP contribution in [-0.2, 0) is 9.59 Å². The molecule has 0 aliphatic carbocycles. The summed E-state index contributed by atoms with van der Waals surface area (Å²) in [7, 11) is 1.49. The van der Waals surface area contributed by atoms with E-state index in [2.05, 4.69) is 0 Å². The molecule has 1 aliphatic heterocycles. The second-order valence-corrected chi connectivity index (χ2v) is 6.58. The largest absolute Gasteiger partial charge is 0.507 e. The molecule has 3 aromatic rings. The number of nitrogens with zero attached hydrogens (tertiary/aromatic N) is 2. The van der Waals surface area contributed by atoms with E-state index < -0.39 is 17.7 Å². The smallest absolute Gasteiger partial charge is 0.300 e. The number of nitriles is 1. The normalized spacial score (nSPS) is 17.7. The Morgan fingerprint density at radius 2 is 1.90 bits per heavy atom. The van der Waals surface area contributed by atoms with E-state index in [0.29, 0.717) is 28.3 Å². The van der Waals surface area contributed by atoms with Crippen molar-refractivity contribution >= 4 is 23.1 Å². The molecule has 2 aromatic carbocycles. The van der Waals surface area contributed by atoms with E-state index in [1.165, 1.54) is 18.3 Å². The van der Waals surface area contributed by atoms with Crippen molar-refractivity contribution in [2.45, 2.75) is 6.04 Å². The molecule has 0 saturated carbocycles. The summed E-state index contributed by atoms with van der Waals surface area (Å²) in [5, 5.41) is 20.0. The van der Waals surface area contributed by atoms with Crippen LogP contribution in [0.1, 0.15) is 22.9 Å². The summed E-state index contributed by atoms with van der Waals surface area (Å²) < 4.78 is 10.7. The number of anilines is 1. The number of methoxy groups -OCH3 is 1. The first-order chi connectivity index (χ1) is 14.5. The Kier molecular flexibility index (Phi) is 4.82. The number of ether oxygens (including phenoxy) is 1. The SMILES string of the molecule is COc1cccc(/C(O)=C2/C(=O)C(=O)N(c3ccc(C#N)cc3)C2c2ccco2)c1. The highest BCUT2D eigenvalue weighted by Crippen LogP contribution is 2.42. The van der Waals surface area contributed by atoms with Crippen LogP contribution in [-0.4, -0.2) is 23.9 Å². The van der Waals surface area contributed by atoms with Crippen molar-refractivity contribution in [2.24, 2.45) is 0 Å². The van der Waals surface area contributed by atoms with Gasteiger partial charge in [0.25, 0.3) is 11.7 Å². The second-order valence-electron chi connectivity index (χ2n) is 6.58. The average Bonchev–Trinajstić information content (AvgIpc) is 3.40. The lowest BCUT2D eigenvalue weighted by Gasteiger charge is -2.23. The minimum atomic E-state index is -0.959. The number of Topliss-reactive ketones (excluding diaryl/α,β-unsaturated/α-hetero) is 1. The Hall–Kier alpha value is -4.31. The number of ketones is 1. The summed E-state index contributed by atoms with van der Waals surface area (Å²) in [6.07, 6.45) is 1.43. The van der Waals surface area contributed by atoms with Crippen LogP contribution >= 0.6 is 0 Å². The number of aliphatic hydroxyl groups excluding tert-OH is 1. The van der Waals surface area contributed by atoms with E-state index in [1.54, 1.807) is 60.7 Å². The molecule has 0 radical (unpaired) electrons. The first-order valence-corrected chi connectivity index (χ1v) is 9.04. The minimum Gasteiger partial charge on any atom is -0.507 e. The molecule has 1 aromatic heterocycles. The molecule has 7 heteroatoms. The van der Waals surface area contributed by atoms with Gasteiger partial charge in [-0.15, -0.1) is 0 Å². The number of aliphatic hydroxyl groups is 1. The molecule has 0 bridgehead atoms. The van der Waals surface area contributed by atoms with Crippen LogP contribution in [0, 0.1) is 11.3 Å². The van der Waals surface area contributed by atoms with Crippen molar-refractivity contribution in [3.63, 3.8) is 0 Å². The minimum absolute atomic E-state index is 0.0902. The summed E-state index contributed by atoms with van der Waals surface area (Å²) in [6.45, 7) is 0. The van der Waals surface area contributed by atoms with Gasteiger partial charge in [-0.05, 0) is 48.5 Å². The van der Waals surface area contributed by atoms with E-state index >= 15 is 0 Å². The van der Waals surface area contributed by atoms with Crippen LogP contribution in [0.15, 0.2) is 76.9 Å². The Balaban J connectivity index is 1.90. The number of amides is 1. The number of hydrogen-bond acceptors (Lipinski definition) is 6. The number of carbonyl (C=O) groups excluding carboxylic acids is 2. The van der Waals surface area contributed by atoms with Gasteiger partial charge in [0.05, 0.1) is 30.6 Å². The third kappa shape index (κ3) is 3.10. The average molecular weight is 400 g/mol. The molecule has 1 aliphatic rings. The van der Waals surface area contributed by atoms with Crippen molar-refractivity contribution in [3.05, 3.63) is 89.4 Å². The number of rotatable bonds is 4. The molecule has 148 valence electrons. The molecule has 1 fully saturated rings. The molecule has 1 saturated heterocycles. The van der Waals surface area contributed by atoms with Gasteiger partial charge in [0.2, 0.25) is 0 Å². The molecule has 1 amide bonds. The summed E-state index contributed by atoms with van der Waals surface area (Å²) in [5.41, 5.74) is 1.07. The zero-order valence-corrected chi connectivity index (χ0v) is 15.9. The predicted octanol–water partition coefficient (Wildman–Crippen LogP) is 3.79. The van der Waals surface area contributed by atoms with Crippen LogP contribution in [0.25, 0.3) is 5.76 Å². The van der Waals surface area contributed by atoms with Gasteiger partial charge in [-0.1, -0.05) is 12.1 Å². The van der Waals surface area contributed by atoms with E-state index in [0.717, 1.165) is 0 Å². The lowest BCUT2D eigenvalue weighted by atomic mass is 9.99. The summed E-state index contributed by atoms with van der Waals surface area (Å²) in [4.78, 5) is 27.1. The molecule has 7 nitrogen and oxygen atoms in total. The quantitative estimate of drug-likeness (QED) is 0.406. The van der Waals surface area contributed by atoms with Crippen LogP contribution < -0.4 is 9.64 Å². The highest BCUT2D eigenvalue weighted by Gasteiger charge is 2.48. The van der Waals surface area contributed by atoms with E-state index in [9.17, 15) is 14.7 Å². The van der Waals surface area contributed by atoms with E-state index in [-0.39, 0.29) is 11.3 Å². The third-order valence-electron chi connectivity index (χ3n) is 4.87. The topological polar surface area (TPSA) is 104 Å². The van der Waals surface area contributed by atoms with E-state index in [4.69, 9.17) is 14.4 Å². The number of carbonyl (C=O) groups is 2. The Bertz CT molecular complexity index is 1190. The Morgan fingerprint density at radius 1 is 1.13 bits per heavy atom. The van der Waals surface area contributed by atoms with E-state index in [1.807, 2.05) is 6.07 Å². The molecule has 1 atom stereocenters. The van der Waals surface area contributed by atoms with Gasteiger partial charge < -0.3 is 14.3 Å². The lowest BCUT2D eigenvalue weighted by Crippen LogP contribution is -2.29. The van der Waals surface area contributed by atoms with Crippen molar-refractivity contribution in [1.29, 1.82) is 5.26 Å². The molecule has 4 rings (SSSR count). The second kappa shape index (κ2) is 7.60. The van der Waals surface area contributed by atoms with Gasteiger partial charge in [0, 0.05) is 11.3 Å². The first-order valence-electron chi connectivity index (χ1n) is 9.04. The molecule has 1 N–H and O–H groups in total. The highest BCUT2D eigenvalue weighted by molar-refractivity contribution is 6.51. The Morgan fingerprint density at radius 3 is 2.53 bits per heavy atom. The standard InChI is InChI=1S/C23H16N2O5/c1-29-17-5-2-4-15(12-17)21(26)19-20(18-6-3-11-30-18)25(23(28)22(19)27)16-9-7-14(13-24)8-10-16/h2-12,20,26H,1H3/b21-19-. The van der Waals surface area contributed by atoms with Gasteiger partial charge in [-0.2, -0.15) is 5.26 Å². The van der Waals surface area contributed by atoms with Crippen molar-refractivity contribution in [1.82, 2.24) is 0 Å². The number of furan rings is 1. The van der Waals surface area contributed by atoms with Gasteiger partial charge >= 0.3 is 0 Å². The predicted molar refractivity (Wildman–Crippen MR) is 108 cm³/mol. The van der Waals surface area contributed by atoms with Crippen LogP contribution in [0.2, 0.25) is 0 Å². The van der Waals surface area contributed by atoms with Gasteiger partial charge in [-0.3, -0.25) is 14.5 Å². The number of benzene rings is 2. The van der Waals surface area contributed by atoms with Crippen LogP contribution in [0.4, 0.5) is 5.69 Å². The summed E-state index contributed by atoms with van der Waals surface area (Å²) in [6, 6.07) is 17.1.